The molecule has 0 radical (unpaired) electrons. The van der Waals surface area contributed by atoms with Crippen molar-refractivity contribution in [1.82, 2.24) is 0 Å². The summed E-state index contributed by atoms with van der Waals surface area (Å²) in [5.74, 6) is 0. The molecule has 0 saturated heterocycles. The summed E-state index contributed by atoms with van der Waals surface area (Å²) in [6.45, 7) is -0.474. The Balaban J connectivity index is 2.43. The van der Waals surface area contributed by atoms with E-state index in [0.717, 1.165) is 0 Å². The van der Waals surface area contributed by atoms with Gasteiger partial charge in [-0.3, -0.25) is 0 Å². The van der Waals surface area contributed by atoms with Crippen LogP contribution in [0.4, 0.5) is 0 Å². The number of benzene rings is 5. The van der Waals surface area contributed by atoms with E-state index in [1.165, 1.54) is 0 Å². The van der Waals surface area contributed by atoms with Crippen LogP contribution < -0.4 is 0 Å². The SMILES string of the molecule is [2H]Cc1c([2H])c([2H])c2c3c([2H])c([2H])c([2H])c4c([2H])c([2H])c([2H])c(c5c([2H])c([2H])c([2H])c1c52)c43. The van der Waals surface area contributed by atoms with Crippen LogP contribution in [0.2, 0.25) is 0 Å². The minimum Gasteiger partial charge on any atom is -0.0610 e. The van der Waals surface area contributed by atoms with Crippen molar-refractivity contribution in [2.24, 2.45) is 0 Å². The first-order valence-corrected chi connectivity index (χ1v) is 6.35. The van der Waals surface area contributed by atoms with Gasteiger partial charge in [0.05, 0.1) is 15.1 Å². The molecule has 0 bridgehead atoms. The third kappa shape index (κ3) is 1.30. The zero-order valence-electron chi connectivity index (χ0n) is 22.7. The number of hydrogen-bond donors (Lipinski definition) is 0. The maximum absolute atomic E-state index is 8.66. The molecule has 5 aromatic rings. The Bertz CT molecular complexity index is 1630. The summed E-state index contributed by atoms with van der Waals surface area (Å²) in [5.41, 5.74) is 0.00247. The lowest BCUT2D eigenvalue weighted by Gasteiger charge is -2.15. The van der Waals surface area contributed by atoms with Crippen molar-refractivity contribution in [3.8, 4) is 0 Å². The molecule has 0 unspecified atom stereocenters. The van der Waals surface area contributed by atoms with Gasteiger partial charge in [0.15, 0.2) is 0 Å². The molecular weight excluding hydrogens is 252 g/mol. The number of rotatable bonds is 0. The Morgan fingerprint density at radius 2 is 1.19 bits per heavy atom. The molecule has 0 saturated carbocycles. The Morgan fingerprint density at radius 3 is 1.90 bits per heavy atom. The lowest BCUT2D eigenvalue weighted by molar-refractivity contribution is 1.55. The van der Waals surface area contributed by atoms with Crippen LogP contribution in [0.25, 0.3) is 43.1 Å². The fourth-order valence-corrected chi connectivity index (χ4v) is 2.86. The first-order chi connectivity index (χ1) is 15.5. The summed E-state index contributed by atoms with van der Waals surface area (Å²) >= 11 is 0. The van der Waals surface area contributed by atoms with Crippen molar-refractivity contribution >= 4 is 43.1 Å². The van der Waals surface area contributed by atoms with Gasteiger partial charge in [-0.2, -0.15) is 0 Å². The van der Waals surface area contributed by atoms with E-state index in [2.05, 4.69) is 0 Å². The van der Waals surface area contributed by atoms with Crippen LogP contribution in [0.15, 0.2) is 66.5 Å². The molecule has 0 aliphatic carbocycles. The first-order valence-electron chi connectivity index (χ1n) is 12.6. The lowest BCUT2D eigenvalue weighted by atomic mass is 9.89. The van der Waals surface area contributed by atoms with Crippen LogP contribution in [0.3, 0.4) is 0 Å². The Labute approximate surface area is 139 Å². The largest absolute Gasteiger partial charge is 0.0630 e. The van der Waals surface area contributed by atoms with Gasteiger partial charge in [-0.1, -0.05) is 66.5 Å². The number of fused-ring (bicyclic) bond motifs is 2. The van der Waals surface area contributed by atoms with E-state index in [-0.39, 0.29) is 54.7 Å². The van der Waals surface area contributed by atoms with Gasteiger partial charge in [0.25, 0.3) is 0 Å². The van der Waals surface area contributed by atoms with Crippen molar-refractivity contribution < 1.29 is 16.4 Å². The molecule has 0 heteroatoms. The standard InChI is InChI=1S/C21H14/c1-13-11-12-19-17-9-3-6-14-5-2-8-16(20(14)17)18-10-4-7-15(13)21(18)19/h2-12H,1H3/i1D,2D,3D,4D,5D,6D,7D,8D,9D,10D,11D,12D. The van der Waals surface area contributed by atoms with Gasteiger partial charge >= 0.3 is 0 Å². The van der Waals surface area contributed by atoms with E-state index in [1.807, 2.05) is 0 Å². The molecule has 0 spiro atoms. The molecule has 0 nitrogen and oxygen atoms in total. The van der Waals surface area contributed by atoms with Crippen LogP contribution in [-0.2, 0) is 0 Å². The smallest absolute Gasteiger partial charge is 0.0610 e. The predicted molar refractivity (Wildman–Crippen MR) is 92.4 cm³/mol. The van der Waals surface area contributed by atoms with Gasteiger partial charge in [0, 0.05) is 1.37 Å². The highest BCUT2D eigenvalue weighted by Crippen LogP contribution is 2.40. The maximum atomic E-state index is 8.66. The summed E-state index contributed by atoms with van der Waals surface area (Å²) in [4.78, 5) is 0. The molecule has 0 aromatic heterocycles. The van der Waals surface area contributed by atoms with Gasteiger partial charge in [-0.15, -0.1) is 0 Å². The molecule has 0 N–H and O–H groups in total. The van der Waals surface area contributed by atoms with E-state index in [9.17, 15) is 0 Å². The molecule has 0 heterocycles. The van der Waals surface area contributed by atoms with Crippen molar-refractivity contribution in [3.05, 3.63) is 72.0 Å². The van der Waals surface area contributed by atoms with Crippen molar-refractivity contribution in [1.29, 1.82) is 0 Å². The Hall–Kier alpha value is -2.60. The maximum Gasteiger partial charge on any atom is 0.0630 e. The molecule has 98 valence electrons. The molecule has 0 amide bonds. The quantitative estimate of drug-likeness (QED) is 0.239. The van der Waals surface area contributed by atoms with Gasteiger partial charge in [0.2, 0.25) is 0 Å². The zero-order chi connectivity index (χ0) is 24.3. The van der Waals surface area contributed by atoms with Crippen molar-refractivity contribution in [2.45, 2.75) is 6.90 Å². The van der Waals surface area contributed by atoms with Gasteiger partial charge < -0.3 is 0 Å². The number of aryl methyl sites for hydroxylation is 1. The second-order valence-electron chi connectivity index (χ2n) is 4.85. The van der Waals surface area contributed by atoms with Crippen molar-refractivity contribution in [3.63, 3.8) is 0 Å². The van der Waals surface area contributed by atoms with Crippen molar-refractivity contribution in [2.75, 3.05) is 0 Å². The summed E-state index contributed by atoms with van der Waals surface area (Å²) < 4.78 is 101. The van der Waals surface area contributed by atoms with E-state index >= 15 is 0 Å². The van der Waals surface area contributed by atoms with Crippen LogP contribution in [0.1, 0.15) is 22.0 Å². The van der Waals surface area contributed by atoms with Gasteiger partial charge in [-0.05, 0) is 55.6 Å². The Kier molecular flexibility index (Phi) is 0.837. The van der Waals surface area contributed by atoms with Crippen LogP contribution in [0.5, 0.6) is 0 Å². The highest BCUT2D eigenvalue weighted by molar-refractivity contribution is 6.33. The third-order valence-corrected chi connectivity index (χ3v) is 3.77. The molecule has 5 aromatic carbocycles. The van der Waals surface area contributed by atoms with Gasteiger partial charge in [0.1, 0.15) is 0 Å². The van der Waals surface area contributed by atoms with E-state index in [0.29, 0.717) is 0 Å². The minimum absolute atomic E-state index is 0.00189. The van der Waals surface area contributed by atoms with Crippen LogP contribution in [0, 0.1) is 6.90 Å². The summed E-state index contributed by atoms with van der Waals surface area (Å²) in [5, 5.41) is -0.324. The molecule has 0 aliphatic heterocycles. The minimum atomic E-state index is -0.546. The van der Waals surface area contributed by atoms with E-state index in [4.69, 9.17) is 16.4 Å². The molecule has 0 aliphatic rings. The second-order valence-corrected chi connectivity index (χ2v) is 4.85. The van der Waals surface area contributed by atoms with Crippen LogP contribution in [-0.4, -0.2) is 0 Å². The third-order valence-electron chi connectivity index (χ3n) is 3.77. The summed E-state index contributed by atoms with van der Waals surface area (Å²) in [6, 6.07) is -5.15. The molecule has 5 rings (SSSR count). The molecule has 0 fully saturated rings. The molecule has 21 heavy (non-hydrogen) atoms. The van der Waals surface area contributed by atoms with E-state index in [1.54, 1.807) is 0 Å². The molecular formula is C21H14. The van der Waals surface area contributed by atoms with Crippen LogP contribution >= 0.6 is 0 Å². The second kappa shape index (κ2) is 3.73. The topological polar surface area (TPSA) is 0 Å². The monoisotopic (exact) mass is 278 g/mol. The van der Waals surface area contributed by atoms with E-state index < -0.39 is 67.3 Å². The summed E-state index contributed by atoms with van der Waals surface area (Å²) in [7, 11) is 0. The zero-order valence-corrected chi connectivity index (χ0v) is 10.7. The fourth-order valence-electron chi connectivity index (χ4n) is 2.86. The first kappa shape index (κ1) is 4.71. The highest BCUT2D eigenvalue weighted by atomic mass is 14.2. The summed E-state index contributed by atoms with van der Waals surface area (Å²) in [6.07, 6.45) is 0. The lowest BCUT2D eigenvalue weighted by Crippen LogP contribution is -1.87. The molecule has 0 atom stereocenters. The fraction of sp³-hybridized carbons (Fsp3) is 0.0476. The average Bonchev–Trinajstić information content (AvgIpc) is 2.79. The average molecular weight is 278 g/mol. The predicted octanol–water partition coefficient (Wildman–Crippen LogP) is 6.05. The number of hydrogen-bond acceptors (Lipinski definition) is 0. The Morgan fingerprint density at radius 1 is 0.619 bits per heavy atom. The highest BCUT2D eigenvalue weighted by Gasteiger charge is 2.12. The van der Waals surface area contributed by atoms with Gasteiger partial charge in [-0.25, -0.2) is 0 Å². The normalized spacial score (nSPS) is 20.0.